The van der Waals surface area contributed by atoms with Gasteiger partial charge in [-0.2, -0.15) is 0 Å². The third-order valence-corrected chi connectivity index (χ3v) is 3.27. The number of anilines is 1. The molecule has 1 aliphatic carbocycles. The number of nitrogens with two attached hydrogens (primary N) is 1. The quantitative estimate of drug-likeness (QED) is 0.811. The predicted octanol–water partition coefficient (Wildman–Crippen LogP) is 1.63. The van der Waals surface area contributed by atoms with Gasteiger partial charge in [0.1, 0.15) is 11.6 Å². The molecule has 3 N–H and O–H groups in total. The Morgan fingerprint density at radius 3 is 3.00 bits per heavy atom. The van der Waals surface area contributed by atoms with Crippen LogP contribution in [-0.2, 0) is 0 Å². The summed E-state index contributed by atoms with van der Waals surface area (Å²) in [7, 11) is 1.64. The lowest BCUT2D eigenvalue weighted by molar-refractivity contribution is 0.413. The van der Waals surface area contributed by atoms with Crippen LogP contribution in [0.2, 0.25) is 0 Å². The number of ether oxygens (including phenoxy) is 1. The predicted molar refractivity (Wildman–Crippen MR) is 64.6 cm³/mol. The van der Waals surface area contributed by atoms with Crippen molar-refractivity contribution in [2.24, 2.45) is 11.7 Å². The molecule has 0 radical (unpaired) electrons. The summed E-state index contributed by atoms with van der Waals surface area (Å²) < 4.78 is 5.07. The van der Waals surface area contributed by atoms with E-state index in [2.05, 4.69) is 10.3 Å². The average Bonchev–Trinajstić information content (AvgIpc) is 2.77. The van der Waals surface area contributed by atoms with Gasteiger partial charge in [-0.1, -0.05) is 6.42 Å². The number of hydrogen-bond acceptors (Lipinski definition) is 4. The van der Waals surface area contributed by atoms with Gasteiger partial charge < -0.3 is 15.8 Å². The molecule has 2 atom stereocenters. The molecule has 1 aromatic heterocycles. The topological polar surface area (TPSA) is 60.2 Å². The smallest absolute Gasteiger partial charge is 0.137 e. The molecule has 2 unspecified atom stereocenters. The maximum atomic E-state index is 5.74. The largest absolute Gasteiger partial charge is 0.495 e. The van der Waals surface area contributed by atoms with E-state index in [9.17, 15) is 0 Å². The van der Waals surface area contributed by atoms with Crippen LogP contribution < -0.4 is 15.8 Å². The van der Waals surface area contributed by atoms with Gasteiger partial charge >= 0.3 is 0 Å². The molecule has 1 saturated carbocycles. The zero-order valence-corrected chi connectivity index (χ0v) is 9.65. The molecule has 0 saturated heterocycles. The van der Waals surface area contributed by atoms with Gasteiger partial charge in [-0.25, -0.2) is 4.98 Å². The highest BCUT2D eigenvalue weighted by Crippen LogP contribution is 2.27. The van der Waals surface area contributed by atoms with Gasteiger partial charge in [0, 0.05) is 6.04 Å². The molecule has 1 fully saturated rings. The summed E-state index contributed by atoms with van der Waals surface area (Å²) in [5, 5.41) is 3.45. The molecule has 1 heterocycles. The van der Waals surface area contributed by atoms with Gasteiger partial charge in [-0.15, -0.1) is 0 Å². The number of hydrogen-bond donors (Lipinski definition) is 2. The van der Waals surface area contributed by atoms with E-state index in [-0.39, 0.29) is 0 Å². The van der Waals surface area contributed by atoms with E-state index >= 15 is 0 Å². The van der Waals surface area contributed by atoms with Crippen LogP contribution >= 0.6 is 0 Å². The number of nitrogens with one attached hydrogen (secondary N) is 1. The summed E-state index contributed by atoms with van der Waals surface area (Å²) >= 11 is 0. The molecule has 0 aliphatic heterocycles. The molecular weight excluding hydrogens is 202 g/mol. The third kappa shape index (κ3) is 2.44. The van der Waals surface area contributed by atoms with Gasteiger partial charge in [-0.05, 0) is 37.4 Å². The Hall–Kier alpha value is -1.29. The first-order valence-electron chi connectivity index (χ1n) is 5.80. The second kappa shape index (κ2) is 5.16. The number of methoxy groups -OCH3 is 1. The van der Waals surface area contributed by atoms with E-state index in [1.165, 1.54) is 19.3 Å². The van der Waals surface area contributed by atoms with Crippen molar-refractivity contribution in [2.45, 2.75) is 25.3 Å². The minimum atomic E-state index is 0.478. The Balaban J connectivity index is 1.97. The number of pyridine rings is 1. The lowest BCUT2D eigenvalue weighted by Gasteiger charge is -2.19. The molecule has 2 rings (SSSR count). The first-order chi connectivity index (χ1) is 7.83. The molecule has 4 nitrogen and oxygen atoms in total. The molecule has 16 heavy (non-hydrogen) atoms. The fraction of sp³-hybridized carbons (Fsp3) is 0.583. The molecule has 0 bridgehead atoms. The third-order valence-electron chi connectivity index (χ3n) is 3.27. The zero-order valence-electron chi connectivity index (χ0n) is 9.65. The Kier molecular flexibility index (Phi) is 3.62. The lowest BCUT2D eigenvalue weighted by atomic mass is 10.0. The minimum Gasteiger partial charge on any atom is -0.495 e. The summed E-state index contributed by atoms with van der Waals surface area (Å²) in [4.78, 5) is 4.30. The van der Waals surface area contributed by atoms with E-state index in [0.717, 1.165) is 18.1 Å². The Bertz CT molecular complexity index is 326. The summed E-state index contributed by atoms with van der Waals surface area (Å²) in [6.07, 6.45) is 5.41. The van der Waals surface area contributed by atoms with E-state index < -0.39 is 0 Å². The van der Waals surface area contributed by atoms with Crippen LogP contribution in [0, 0.1) is 5.92 Å². The highest BCUT2D eigenvalue weighted by Gasteiger charge is 2.25. The number of aromatic nitrogens is 1. The molecule has 0 aromatic carbocycles. The summed E-state index contributed by atoms with van der Waals surface area (Å²) in [6, 6.07) is 4.35. The second-order valence-electron chi connectivity index (χ2n) is 4.26. The van der Waals surface area contributed by atoms with Gasteiger partial charge in [0.2, 0.25) is 0 Å². The summed E-state index contributed by atoms with van der Waals surface area (Å²) in [5.41, 5.74) is 5.74. The van der Waals surface area contributed by atoms with Crippen molar-refractivity contribution >= 4 is 5.82 Å². The van der Waals surface area contributed by atoms with Crippen LogP contribution in [0.5, 0.6) is 5.75 Å². The zero-order chi connectivity index (χ0) is 11.4. The van der Waals surface area contributed by atoms with Gasteiger partial charge in [0.15, 0.2) is 0 Å². The van der Waals surface area contributed by atoms with Crippen molar-refractivity contribution < 1.29 is 4.74 Å². The second-order valence-corrected chi connectivity index (χ2v) is 4.26. The van der Waals surface area contributed by atoms with E-state index in [1.54, 1.807) is 13.3 Å². The standard InChI is InChI=1S/C12H19N3O/c1-16-10-5-6-12(14-8-10)15-11-4-2-3-9(11)7-13/h5-6,8-9,11H,2-4,7,13H2,1H3,(H,14,15). The maximum Gasteiger partial charge on any atom is 0.137 e. The van der Waals surface area contributed by atoms with Crippen molar-refractivity contribution in [1.29, 1.82) is 0 Å². The fourth-order valence-corrected chi connectivity index (χ4v) is 2.29. The molecule has 1 aliphatic rings. The molecule has 1 aromatic rings. The van der Waals surface area contributed by atoms with Gasteiger partial charge in [0.05, 0.1) is 13.3 Å². The fourth-order valence-electron chi connectivity index (χ4n) is 2.29. The Labute approximate surface area is 96.2 Å². The molecule has 4 heteroatoms. The molecule has 88 valence electrons. The van der Waals surface area contributed by atoms with E-state index in [4.69, 9.17) is 10.5 Å². The first-order valence-corrected chi connectivity index (χ1v) is 5.80. The van der Waals surface area contributed by atoms with E-state index in [0.29, 0.717) is 12.0 Å². The molecule has 0 spiro atoms. The normalized spacial score (nSPS) is 24.4. The number of nitrogens with zero attached hydrogens (tertiary/aromatic N) is 1. The van der Waals surface area contributed by atoms with Crippen LogP contribution in [0.1, 0.15) is 19.3 Å². The van der Waals surface area contributed by atoms with Crippen molar-refractivity contribution in [3.8, 4) is 5.75 Å². The lowest BCUT2D eigenvalue weighted by Crippen LogP contribution is -2.29. The van der Waals surface area contributed by atoms with Crippen LogP contribution in [0.25, 0.3) is 0 Å². The van der Waals surface area contributed by atoms with Crippen LogP contribution in [-0.4, -0.2) is 24.7 Å². The molecular formula is C12H19N3O. The van der Waals surface area contributed by atoms with Gasteiger partial charge in [0.25, 0.3) is 0 Å². The maximum absolute atomic E-state index is 5.74. The van der Waals surface area contributed by atoms with Crippen LogP contribution in [0.15, 0.2) is 18.3 Å². The molecule has 0 amide bonds. The van der Waals surface area contributed by atoms with Crippen molar-refractivity contribution in [2.75, 3.05) is 19.0 Å². The Morgan fingerprint density at radius 1 is 1.50 bits per heavy atom. The van der Waals surface area contributed by atoms with Crippen molar-refractivity contribution in [3.05, 3.63) is 18.3 Å². The highest BCUT2D eigenvalue weighted by molar-refractivity contribution is 5.38. The minimum absolute atomic E-state index is 0.478. The van der Waals surface area contributed by atoms with Crippen LogP contribution in [0.4, 0.5) is 5.82 Å². The van der Waals surface area contributed by atoms with E-state index in [1.807, 2.05) is 12.1 Å². The summed E-state index contributed by atoms with van der Waals surface area (Å²) in [5.74, 6) is 2.28. The summed E-state index contributed by atoms with van der Waals surface area (Å²) in [6.45, 7) is 0.758. The monoisotopic (exact) mass is 221 g/mol. The average molecular weight is 221 g/mol. The van der Waals surface area contributed by atoms with Crippen molar-refractivity contribution in [1.82, 2.24) is 4.98 Å². The van der Waals surface area contributed by atoms with Crippen molar-refractivity contribution in [3.63, 3.8) is 0 Å². The first kappa shape index (κ1) is 11.2. The Morgan fingerprint density at radius 2 is 2.38 bits per heavy atom. The van der Waals surface area contributed by atoms with Gasteiger partial charge in [-0.3, -0.25) is 0 Å². The van der Waals surface area contributed by atoms with Crippen LogP contribution in [0.3, 0.4) is 0 Å². The number of rotatable bonds is 4. The highest BCUT2D eigenvalue weighted by atomic mass is 16.5. The SMILES string of the molecule is COc1ccc(NC2CCCC2CN)nc1.